The molecule has 3 unspecified atom stereocenters. The van der Waals surface area contributed by atoms with Gasteiger partial charge < -0.3 is 15.8 Å². The van der Waals surface area contributed by atoms with Crippen molar-refractivity contribution < 1.29 is 5.21 Å². The van der Waals surface area contributed by atoms with Gasteiger partial charge in [-0.05, 0) is 59.3 Å². The molecule has 1 saturated heterocycles. The van der Waals surface area contributed by atoms with Crippen LogP contribution in [0.5, 0.6) is 0 Å². The standard InChI is InChI=1S/C15H22BrN3O/c1-9-6-10(2)11(3)19(8-9)12-4-5-13(14(16)7-12)15(17)18-20/h4-5,7,9-11,20H,6,8H2,1-3H3,(H2,17,18). The molecule has 4 nitrogen and oxygen atoms in total. The van der Waals surface area contributed by atoms with Crippen LogP contribution in [0.2, 0.25) is 0 Å². The lowest BCUT2D eigenvalue weighted by Crippen LogP contribution is -2.45. The Labute approximate surface area is 128 Å². The van der Waals surface area contributed by atoms with Crippen LogP contribution in [0.1, 0.15) is 32.8 Å². The molecule has 20 heavy (non-hydrogen) atoms. The average Bonchev–Trinajstić information content (AvgIpc) is 2.41. The number of oxime groups is 1. The van der Waals surface area contributed by atoms with E-state index in [1.807, 2.05) is 12.1 Å². The first-order valence-electron chi connectivity index (χ1n) is 6.98. The molecule has 0 amide bonds. The third kappa shape index (κ3) is 2.92. The van der Waals surface area contributed by atoms with Crippen molar-refractivity contribution >= 4 is 27.5 Å². The summed E-state index contributed by atoms with van der Waals surface area (Å²) in [5.41, 5.74) is 7.54. The van der Waals surface area contributed by atoms with Gasteiger partial charge in [-0.1, -0.05) is 19.0 Å². The normalized spacial score (nSPS) is 27.7. The number of halogens is 1. The van der Waals surface area contributed by atoms with Gasteiger partial charge in [0.2, 0.25) is 0 Å². The highest BCUT2D eigenvalue weighted by Crippen LogP contribution is 2.33. The molecule has 0 spiro atoms. The fraction of sp³-hybridized carbons (Fsp3) is 0.533. The molecule has 3 atom stereocenters. The summed E-state index contributed by atoms with van der Waals surface area (Å²) >= 11 is 3.51. The molecule has 3 N–H and O–H groups in total. The number of benzene rings is 1. The second-order valence-electron chi connectivity index (χ2n) is 5.86. The lowest BCUT2D eigenvalue weighted by molar-refractivity contribution is 0.297. The number of hydrogen-bond acceptors (Lipinski definition) is 3. The van der Waals surface area contributed by atoms with Crippen LogP contribution in [0, 0.1) is 11.8 Å². The third-order valence-corrected chi connectivity index (χ3v) is 4.92. The van der Waals surface area contributed by atoms with Gasteiger partial charge >= 0.3 is 0 Å². The van der Waals surface area contributed by atoms with Crippen molar-refractivity contribution in [2.24, 2.45) is 22.7 Å². The Kier molecular flexibility index (Phi) is 4.58. The van der Waals surface area contributed by atoms with Crippen molar-refractivity contribution in [2.75, 3.05) is 11.4 Å². The van der Waals surface area contributed by atoms with Gasteiger partial charge in [0.1, 0.15) is 0 Å². The van der Waals surface area contributed by atoms with E-state index in [1.165, 1.54) is 12.1 Å². The van der Waals surface area contributed by atoms with E-state index in [2.05, 4.69) is 52.8 Å². The fourth-order valence-corrected chi connectivity index (χ4v) is 3.57. The monoisotopic (exact) mass is 339 g/mol. The molecule has 1 aromatic rings. The van der Waals surface area contributed by atoms with E-state index < -0.39 is 0 Å². The molecule has 0 aromatic heterocycles. The summed E-state index contributed by atoms with van der Waals surface area (Å²) in [4.78, 5) is 2.44. The van der Waals surface area contributed by atoms with Crippen molar-refractivity contribution in [3.05, 3.63) is 28.2 Å². The van der Waals surface area contributed by atoms with Gasteiger partial charge in [0, 0.05) is 28.3 Å². The SMILES string of the molecule is CC1CC(C)C(C)N(c2ccc(/C(N)=N/O)c(Br)c2)C1. The summed E-state index contributed by atoms with van der Waals surface area (Å²) in [6, 6.07) is 6.51. The van der Waals surface area contributed by atoms with Gasteiger partial charge in [0.25, 0.3) is 0 Å². The Morgan fingerprint density at radius 3 is 2.70 bits per heavy atom. The molecule has 0 saturated carbocycles. The van der Waals surface area contributed by atoms with Crippen molar-refractivity contribution in [1.82, 2.24) is 0 Å². The summed E-state index contributed by atoms with van der Waals surface area (Å²) in [6.45, 7) is 7.96. The summed E-state index contributed by atoms with van der Waals surface area (Å²) in [5, 5.41) is 11.8. The number of hydrogen-bond donors (Lipinski definition) is 2. The van der Waals surface area contributed by atoms with E-state index in [9.17, 15) is 0 Å². The van der Waals surface area contributed by atoms with Crippen LogP contribution < -0.4 is 10.6 Å². The average molecular weight is 340 g/mol. The molecule has 0 bridgehead atoms. The van der Waals surface area contributed by atoms with Crippen molar-refractivity contribution in [2.45, 2.75) is 33.2 Å². The first kappa shape index (κ1) is 15.2. The molecule has 0 radical (unpaired) electrons. The smallest absolute Gasteiger partial charge is 0.171 e. The first-order valence-corrected chi connectivity index (χ1v) is 7.77. The predicted molar refractivity (Wildman–Crippen MR) is 86.4 cm³/mol. The topological polar surface area (TPSA) is 61.8 Å². The van der Waals surface area contributed by atoms with Gasteiger partial charge in [0.05, 0.1) is 0 Å². The summed E-state index contributed by atoms with van der Waals surface area (Å²) < 4.78 is 0.850. The zero-order valence-electron chi connectivity index (χ0n) is 12.2. The number of amidine groups is 1. The zero-order chi connectivity index (χ0) is 14.9. The summed E-state index contributed by atoms with van der Waals surface area (Å²) in [5.74, 6) is 1.50. The Hall–Kier alpha value is -1.23. The van der Waals surface area contributed by atoms with Crippen molar-refractivity contribution in [3.63, 3.8) is 0 Å². The fourth-order valence-electron chi connectivity index (χ4n) is 3.00. The van der Waals surface area contributed by atoms with Crippen LogP contribution in [0.15, 0.2) is 27.8 Å². The van der Waals surface area contributed by atoms with Crippen LogP contribution in [0.4, 0.5) is 5.69 Å². The Balaban J connectivity index is 2.31. The van der Waals surface area contributed by atoms with Crippen molar-refractivity contribution in [3.8, 4) is 0 Å². The van der Waals surface area contributed by atoms with Gasteiger partial charge in [-0.15, -0.1) is 0 Å². The minimum absolute atomic E-state index is 0.122. The molecular formula is C15H22BrN3O. The van der Waals surface area contributed by atoms with Crippen LogP contribution in [0.3, 0.4) is 0 Å². The minimum atomic E-state index is 0.122. The second kappa shape index (κ2) is 6.04. The molecule has 2 rings (SSSR count). The molecule has 1 aromatic carbocycles. The number of nitrogens with zero attached hydrogens (tertiary/aromatic N) is 2. The highest BCUT2D eigenvalue weighted by Gasteiger charge is 2.29. The quantitative estimate of drug-likeness (QED) is 0.375. The van der Waals surface area contributed by atoms with E-state index >= 15 is 0 Å². The lowest BCUT2D eigenvalue weighted by atomic mass is 9.85. The highest BCUT2D eigenvalue weighted by molar-refractivity contribution is 9.10. The maximum atomic E-state index is 8.77. The third-order valence-electron chi connectivity index (χ3n) is 4.27. The minimum Gasteiger partial charge on any atom is -0.409 e. The number of anilines is 1. The molecule has 1 fully saturated rings. The molecule has 5 heteroatoms. The zero-order valence-corrected chi connectivity index (χ0v) is 13.8. The van der Waals surface area contributed by atoms with Gasteiger partial charge in [-0.25, -0.2) is 0 Å². The summed E-state index contributed by atoms with van der Waals surface area (Å²) in [7, 11) is 0. The van der Waals surface area contributed by atoms with E-state index in [-0.39, 0.29) is 5.84 Å². The molecular weight excluding hydrogens is 318 g/mol. The Morgan fingerprint density at radius 2 is 2.10 bits per heavy atom. The van der Waals surface area contributed by atoms with Crippen LogP contribution in [-0.4, -0.2) is 23.6 Å². The Morgan fingerprint density at radius 1 is 1.40 bits per heavy atom. The Bertz CT molecular complexity index is 518. The second-order valence-corrected chi connectivity index (χ2v) is 6.71. The first-order chi connectivity index (χ1) is 9.43. The van der Waals surface area contributed by atoms with Crippen LogP contribution in [-0.2, 0) is 0 Å². The van der Waals surface area contributed by atoms with Gasteiger partial charge in [0.15, 0.2) is 5.84 Å². The van der Waals surface area contributed by atoms with Gasteiger partial charge in [-0.3, -0.25) is 0 Å². The van der Waals surface area contributed by atoms with E-state index in [0.717, 1.165) is 11.0 Å². The van der Waals surface area contributed by atoms with Crippen LogP contribution >= 0.6 is 15.9 Å². The molecule has 0 aliphatic carbocycles. The lowest BCUT2D eigenvalue weighted by Gasteiger charge is -2.42. The highest BCUT2D eigenvalue weighted by atomic mass is 79.9. The van der Waals surface area contributed by atoms with Crippen molar-refractivity contribution in [1.29, 1.82) is 0 Å². The maximum Gasteiger partial charge on any atom is 0.171 e. The molecule has 1 aliphatic rings. The molecule has 1 aliphatic heterocycles. The van der Waals surface area contributed by atoms with Gasteiger partial charge in [-0.2, -0.15) is 0 Å². The van der Waals surface area contributed by atoms with Crippen LogP contribution in [0.25, 0.3) is 0 Å². The molecule has 110 valence electrons. The largest absolute Gasteiger partial charge is 0.409 e. The maximum absolute atomic E-state index is 8.77. The molecule has 1 heterocycles. The number of nitrogens with two attached hydrogens (primary N) is 1. The predicted octanol–water partition coefficient (Wildman–Crippen LogP) is 3.41. The van der Waals surface area contributed by atoms with E-state index in [0.29, 0.717) is 23.4 Å². The number of piperidine rings is 1. The summed E-state index contributed by atoms with van der Waals surface area (Å²) in [6.07, 6.45) is 1.28. The van der Waals surface area contributed by atoms with E-state index in [1.54, 1.807) is 0 Å². The van der Waals surface area contributed by atoms with E-state index in [4.69, 9.17) is 10.9 Å². The number of rotatable bonds is 2.